The van der Waals surface area contributed by atoms with Gasteiger partial charge < -0.3 is 5.73 Å². The summed E-state index contributed by atoms with van der Waals surface area (Å²) >= 11 is 5.75. The summed E-state index contributed by atoms with van der Waals surface area (Å²) in [6.07, 6.45) is 0.571. The van der Waals surface area contributed by atoms with Crippen molar-refractivity contribution in [1.29, 1.82) is 0 Å². The number of nitrogens with zero attached hydrogens (tertiary/aromatic N) is 2. The highest BCUT2D eigenvalue weighted by Gasteiger charge is 2.31. The molecule has 0 saturated carbocycles. The average Bonchev–Trinajstić information content (AvgIpc) is 2.95. The summed E-state index contributed by atoms with van der Waals surface area (Å²) in [4.78, 5) is 0. The Bertz CT molecular complexity index is 804. The molecule has 2 N–H and O–H groups in total. The maximum absolute atomic E-state index is 11.6. The molecular formula is C13H13BrIN3O2S. The van der Waals surface area contributed by atoms with Crippen molar-refractivity contribution in [3.63, 3.8) is 0 Å². The van der Waals surface area contributed by atoms with Crippen LogP contribution in [0.15, 0.2) is 28.7 Å². The number of aromatic nitrogens is 2. The fraction of sp³-hybridized carbons (Fsp3) is 0.308. The van der Waals surface area contributed by atoms with Crippen LogP contribution in [-0.2, 0) is 9.84 Å². The molecule has 1 atom stereocenters. The number of anilines is 1. The van der Waals surface area contributed by atoms with Crippen molar-refractivity contribution in [3.8, 4) is 11.3 Å². The summed E-state index contributed by atoms with van der Waals surface area (Å²) in [5, 5.41) is 4.52. The highest BCUT2D eigenvalue weighted by Crippen LogP contribution is 2.32. The average molecular weight is 482 g/mol. The molecule has 1 aromatic carbocycles. The Morgan fingerprint density at radius 3 is 2.81 bits per heavy atom. The highest BCUT2D eigenvalue weighted by molar-refractivity contribution is 14.1. The molecule has 2 heterocycles. The van der Waals surface area contributed by atoms with Gasteiger partial charge in [-0.2, -0.15) is 5.10 Å². The van der Waals surface area contributed by atoms with Gasteiger partial charge in [0.25, 0.3) is 0 Å². The van der Waals surface area contributed by atoms with Crippen LogP contribution in [0.25, 0.3) is 11.3 Å². The van der Waals surface area contributed by atoms with E-state index in [2.05, 4.69) is 43.6 Å². The quantitative estimate of drug-likeness (QED) is 0.669. The van der Waals surface area contributed by atoms with Crippen molar-refractivity contribution < 1.29 is 8.42 Å². The van der Waals surface area contributed by atoms with Crippen LogP contribution in [-0.4, -0.2) is 29.7 Å². The molecule has 21 heavy (non-hydrogen) atoms. The molecule has 0 aliphatic carbocycles. The first kappa shape index (κ1) is 15.3. The van der Waals surface area contributed by atoms with Crippen LogP contribution in [0.4, 0.5) is 5.82 Å². The van der Waals surface area contributed by atoms with Crippen LogP contribution in [0.2, 0.25) is 0 Å². The van der Waals surface area contributed by atoms with Crippen LogP contribution in [0, 0.1) is 3.57 Å². The maximum Gasteiger partial charge on any atom is 0.152 e. The third kappa shape index (κ3) is 3.11. The van der Waals surface area contributed by atoms with Gasteiger partial charge in [0.05, 0.1) is 23.2 Å². The van der Waals surface area contributed by atoms with Crippen LogP contribution < -0.4 is 5.73 Å². The van der Waals surface area contributed by atoms with Crippen molar-refractivity contribution in [2.75, 3.05) is 17.2 Å². The molecule has 8 heteroatoms. The lowest BCUT2D eigenvalue weighted by molar-refractivity contribution is 0.508. The second-order valence-electron chi connectivity index (χ2n) is 5.08. The minimum Gasteiger partial charge on any atom is -0.384 e. The zero-order valence-electron chi connectivity index (χ0n) is 11.0. The van der Waals surface area contributed by atoms with E-state index in [-0.39, 0.29) is 17.5 Å². The van der Waals surface area contributed by atoms with E-state index in [0.29, 0.717) is 12.2 Å². The summed E-state index contributed by atoms with van der Waals surface area (Å²) < 4.78 is 26.9. The first-order valence-corrected chi connectivity index (χ1v) is 10.1. The monoisotopic (exact) mass is 481 g/mol. The number of halogens is 2. The Kier molecular flexibility index (Phi) is 4.04. The number of nitrogen functional groups attached to an aromatic ring is 1. The standard InChI is InChI=1S/C13H13BrIN3O2S/c14-11-2-1-8(15)5-10(11)12-6-13(16)18(17-12)9-3-4-21(19,20)7-9/h1-2,5-6,9H,3-4,7,16H2. The Hall–Kier alpha value is -0.610. The number of sulfone groups is 1. The summed E-state index contributed by atoms with van der Waals surface area (Å²) in [6, 6.07) is 7.61. The fourth-order valence-electron chi connectivity index (χ4n) is 2.50. The second-order valence-corrected chi connectivity index (χ2v) is 9.41. The van der Waals surface area contributed by atoms with Gasteiger partial charge in [0.15, 0.2) is 9.84 Å². The van der Waals surface area contributed by atoms with Gasteiger partial charge in [-0.25, -0.2) is 13.1 Å². The molecule has 1 saturated heterocycles. The lowest BCUT2D eigenvalue weighted by Gasteiger charge is -2.10. The van der Waals surface area contributed by atoms with Gasteiger partial charge in [-0.1, -0.05) is 15.9 Å². The van der Waals surface area contributed by atoms with E-state index in [4.69, 9.17) is 5.73 Å². The third-order valence-electron chi connectivity index (χ3n) is 3.52. The van der Waals surface area contributed by atoms with E-state index in [9.17, 15) is 8.42 Å². The van der Waals surface area contributed by atoms with E-state index < -0.39 is 9.84 Å². The molecule has 1 aliphatic rings. The Labute approximate surface area is 145 Å². The van der Waals surface area contributed by atoms with Crippen LogP contribution in [0.1, 0.15) is 12.5 Å². The summed E-state index contributed by atoms with van der Waals surface area (Å²) in [7, 11) is -2.96. The van der Waals surface area contributed by atoms with E-state index in [0.717, 1.165) is 19.3 Å². The Balaban J connectivity index is 2.00. The SMILES string of the molecule is Nc1cc(-c2cc(I)ccc2Br)nn1C1CCS(=O)(=O)C1. The molecule has 1 aliphatic heterocycles. The summed E-state index contributed by atoms with van der Waals surface area (Å²) in [5.74, 6) is 0.822. The number of benzene rings is 1. The van der Waals surface area contributed by atoms with Crippen molar-refractivity contribution in [2.24, 2.45) is 0 Å². The summed E-state index contributed by atoms with van der Waals surface area (Å²) in [6.45, 7) is 0. The molecule has 1 unspecified atom stereocenters. The van der Waals surface area contributed by atoms with E-state index >= 15 is 0 Å². The van der Waals surface area contributed by atoms with Crippen molar-refractivity contribution in [3.05, 3.63) is 32.3 Å². The molecule has 2 aromatic rings. The Morgan fingerprint density at radius 1 is 1.38 bits per heavy atom. The van der Waals surface area contributed by atoms with Crippen molar-refractivity contribution in [1.82, 2.24) is 9.78 Å². The normalized spacial score (nSPS) is 20.8. The predicted molar refractivity (Wildman–Crippen MR) is 94.8 cm³/mol. The third-order valence-corrected chi connectivity index (χ3v) is 6.64. The highest BCUT2D eigenvalue weighted by atomic mass is 127. The topological polar surface area (TPSA) is 78.0 Å². The maximum atomic E-state index is 11.6. The van der Waals surface area contributed by atoms with E-state index in [1.54, 1.807) is 10.7 Å². The van der Waals surface area contributed by atoms with Gasteiger partial charge in [-0.15, -0.1) is 0 Å². The fourth-order valence-corrected chi connectivity index (χ4v) is 5.13. The van der Waals surface area contributed by atoms with Gasteiger partial charge >= 0.3 is 0 Å². The summed E-state index contributed by atoms with van der Waals surface area (Å²) in [5.41, 5.74) is 7.73. The van der Waals surface area contributed by atoms with E-state index in [1.807, 2.05) is 18.2 Å². The molecule has 1 aromatic heterocycles. The van der Waals surface area contributed by atoms with Gasteiger partial charge in [0.1, 0.15) is 5.82 Å². The lowest BCUT2D eigenvalue weighted by atomic mass is 10.1. The number of rotatable bonds is 2. The van der Waals surface area contributed by atoms with Crippen LogP contribution in [0.3, 0.4) is 0 Å². The first-order chi connectivity index (χ1) is 9.85. The molecule has 3 rings (SSSR count). The first-order valence-electron chi connectivity index (χ1n) is 6.36. The minimum atomic E-state index is -2.96. The van der Waals surface area contributed by atoms with Gasteiger partial charge in [0, 0.05) is 19.7 Å². The zero-order chi connectivity index (χ0) is 15.2. The largest absolute Gasteiger partial charge is 0.384 e. The van der Waals surface area contributed by atoms with Gasteiger partial charge in [0.2, 0.25) is 0 Å². The molecule has 5 nitrogen and oxygen atoms in total. The van der Waals surface area contributed by atoms with Crippen LogP contribution in [0.5, 0.6) is 0 Å². The number of hydrogen-bond donors (Lipinski definition) is 1. The van der Waals surface area contributed by atoms with Gasteiger partial charge in [-0.05, 0) is 47.2 Å². The molecular weight excluding hydrogens is 469 g/mol. The van der Waals surface area contributed by atoms with Crippen molar-refractivity contribution in [2.45, 2.75) is 12.5 Å². The molecule has 0 radical (unpaired) electrons. The molecule has 1 fully saturated rings. The smallest absolute Gasteiger partial charge is 0.152 e. The molecule has 112 valence electrons. The molecule has 0 amide bonds. The van der Waals surface area contributed by atoms with E-state index in [1.165, 1.54) is 0 Å². The predicted octanol–water partition coefficient (Wildman–Crippen LogP) is 2.86. The zero-order valence-corrected chi connectivity index (χ0v) is 15.5. The van der Waals surface area contributed by atoms with Crippen LogP contribution >= 0.6 is 38.5 Å². The number of hydrogen-bond acceptors (Lipinski definition) is 4. The number of nitrogens with two attached hydrogens (primary N) is 1. The molecule has 0 spiro atoms. The van der Waals surface area contributed by atoms with Gasteiger partial charge in [-0.3, -0.25) is 0 Å². The minimum absolute atomic E-state index is 0.117. The molecule has 0 bridgehead atoms. The second kappa shape index (κ2) is 5.54. The van der Waals surface area contributed by atoms with Crippen molar-refractivity contribution >= 4 is 54.2 Å². The Morgan fingerprint density at radius 2 is 2.14 bits per heavy atom. The lowest BCUT2D eigenvalue weighted by Crippen LogP contribution is -2.14.